The molecule has 0 saturated heterocycles. The van der Waals surface area contributed by atoms with Gasteiger partial charge < -0.3 is 20.5 Å². The molecule has 0 fully saturated rings. The van der Waals surface area contributed by atoms with E-state index in [9.17, 15) is 8.78 Å². The highest BCUT2D eigenvalue weighted by Crippen LogP contribution is 2.26. The molecule has 0 aliphatic carbocycles. The molecule has 0 bridgehead atoms. The fraction of sp³-hybridized carbons (Fsp3) is 0.188. The lowest BCUT2D eigenvalue weighted by molar-refractivity contribution is -0.0504. The fourth-order valence-corrected chi connectivity index (χ4v) is 1.90. The summed E-state index contributed by atoms with van der Waals surface area (Å²) >= 11 is 0. The quantitative estimate of drug-likeness (QED) is 0.400. The lowest BCUT2D eigenvalue weighted by Gasteiger charge is -2.11. The van der Waals surface area contributed by atoms with Crippen molar-refractivity contribution in [1.29, 1.82) is 0 Å². The monoisotopic (exact) mass is 449 g/mol. The number of ether oxygens (including phenoxy) is 2. The van der Waals surface area contributed by atoms with Gasteiger partial charge in [0.2, 0.25) is 0 Å². The summed E-state index contributed by atoms with van der Waals surface area (Å²) in [5.41, 5.74) is 7.02. The van der Waals surface area contributed by atoms with E-state index in [0.29, 0.717) is 11.3 Å². The molecule has 0 saturated carbocycles. The molecule has 0 aliphatic heterocycles. The second-order valence-electron chi connectivity index (χ2n) is 4.54. The van der Waals surface area contributed by atoms with Crippen LogP contribution >= 0.6 is 24.0 Å². The predicted octanol–water partition coefficient (Wildman–Crippen LogP) is 3.84. The molecule has 0 aliphatic rings. The average Bonchev–Trinajstić information content (AvgIpc) is 2.54. The molecule has 3 N–H and O–H groups in total. The Hall–Kier alpha value is -2.10. The summed E-state index contributed by atoms with van der Waals surface area (Å²) in [5.74, 6) is 0.727. The van der Waals surface area contributed by atoms with Gasteiger partial charge in [0.15, 0.2) is 5.96 Å². The smallest absolute Gasteiger partial charge is 0.387 e. The molecule has 0 aromatic heterocycles. The molecule has 0 atom stereocenters. The van der Waals surface area contributed by atoms with Crippen LogP contribution in [0.25, 0.3) is 0 Å². The van der Waals surface area contributed by atoms with E-state index in [1.165, 1.54) is 19.2 Å². The third kappa shape index (κ3) is 6.19. The number of alkyl halides is 2. The van der Waals surface area contributed by atoms with Crippen molar-refractivity contribution in [2.45, 2.75) is 13.2 Å². The summed E-state index contributed by atoms with van der Waals surface area (Å²) in [7, 11) is 1.49. The predicted molar refractivity (Wildman–Crippen MR) is 100 cm³/mol. The van der Waals surface area contributed by atoms with E-state index in [1.54, 1.807) is 6.07 Å². The van der Waals surface area contributed by atoms with Gasteiger partial charge in [-0.15, -0.1) is 24.0 Å². The molecule has 0 unspecified atom stereocenters. The number of benzene rings is 2. The minimum atomic E-state index is -2.91. The Kier molecular flexibility index (Phi) is 8.24. The number of anilines is 1. The van der Waals surface area contributed by atoms with Crippen LogP contribution in [-0.4, -0.2) is 19.7 Å². The Labute approximate surface area is 155 Å². The Morgan fingerprint density at radius 1 is 1.21 bits per heavy atom. The van der Waals surface area contributed by atoms with Gasteiger partial charge in [-0.2, -0.15) is 8.78 Å². The number of guanidine groups is 1. The Bertz CT molecular complexity index is 670. The number of nitrogens with one attached hydrogen (secondary N) is 1. The molecule has 2 aromatic carbocycles. The molecule has 8 heteroatoms. The van der Waals surface area contributed by atoms with Crippen LogP contribution in [0.15, 0.2) is 53.5 Å². The number of halogens is 3. The second-order valence-corrected chi connectivity index (χ2v) is 4.54. The number of nitrogens with zero attached hydrogens (tertiary/aromatic N) is 1. The van der Waals surface area contributed by atoms with E-state index in [0.717, 1.165) is 5.69 Å². The second kappa shape index (κ2) is 9.91. The van der Waals surface area contributed by atoms with Crippen molar-refractivity contribution in [1.82, 2.24) is 0 Å². The van der Waals surface area contributed by atoms with E-state index >= 15 is 0 Å². The number of rotatable bonds is 6. The summed E-state index contributed by atoms with van der Waals surface area (Å²) in [4.78, 5) is 4.14. The maximum Gasteiger partial charge on any atom is 0.387 e. The summed E-state index contributed by atoms with van der Waals surface area (Å²) in [6.45, 7) is -2.84. The van der Waals surface area contributed by atoms with Gasteiger partial charge in [-0.05, 0) is 30.3 Å². The Morgan fingerprint density at radius 2 is 1.92 bits per heavy atom. The van der Waals surface area contributed by atoms with Crippen molar-refractivity contribution in [3.8, 4) is 11.5 Å². The molecule has 0 amide bonds. The molecule has 24 heavy (non-hydrogen) atoms. The van der Waals surface area contributed by atoms with Crippen LogP contribution in [-0.2, 0) is 6.54 Å². The van der Waals surface area contributed by atoms with Gasteiger partial charge in [0.25, 0.3) is 0 Å². The highest BCUT2D eigenvalue weighted by Gasteiger charge is 2.11. The molecule has 0 spiro atoms. The maximum absolute atomic E-state index is 12.4. The minimum absolute atomic E-state index is 0. The topological polar surface area (TPSA) is 68.9 Å². The van der Waals surface area contributed by atoms with Crippen molar-refractivity contribution in [2.75, 3.05) is 12.4 Å². The van der Waals surface area contributed by atoms with Gasteiger partial charge in [-0.1, -0.05) is 18.2 Å². The van der Waals surface area contributed by atoms with E-state index in [2.05, 4.69) is 15.0 Å². The normalized spacial score (nSPS) is 10.9. The number of methoxy groups -OCH3 is 1. The van der Waals surface area contributed by atoms with Gasteiger partial charge >= 0.3 is 6.61 Å². The van der Waals surface area contributed by atoms with Gasteiger partial charge in [0, 0.05) is 11.3 Å². The number of hydrogen-bond donors (Lipinski definition) is 2. The van der Waals surface area contributed by atoms with Crippen LogP contribution in [0.3, 0.4) is 0 Å². The summed E-state index contributed by atoms with van der Waals surface area (Å²) in [6, 6.07) is 13.8. The summed E-state index contributed by atoms with van der Waals surface area (Å²) in [6.07, 6.45) is 0. The SMILES string of the molecule is COc1ccc(OC(F)F)c(CN=C(N)Nc2ccccc2)c1.I. The fourth-order valence-electron chi connectivity index (χ4n) is 1.90. The van der Waals surface area contributed by atoms with Gasteiger partial charge in [0.05, 0.1) is 13.7 Å². The highest BCUT2D eigenvalue weighted by atomic mass is 127. The van der Waals surface area contributed by atoms with Crippen molar-refractivity contribution >= 4 is 35.6 Å². The van der Waals surface area contributed by atoms with Crippen molar-refractivity contribution < 1.29 is 18.3 Å². The number of aliphatic imine (C=N–C) groups is 1. The standard InChI is InChI=1S/C16H17F2N3O2.HI/c1-22-13-7-8-14(23-15(17)18)11(9-13)10-20-16(19)21-12-5-3-2-4-6-12;/h2-9,15H,10H2,1H3,(H3,19,20,21);1H. The van der Waals surface area contributed by atoms with Crippen molar-refractivity contribution in [2.24, 2.45) is 10.7 Å². The molecule has 5 nitrogen and oxygen atoms in total. The van der Waals surface area contributed by atoms with Crippen LogP contribution in [0.5, 0.6) is 11.5 Å². The summed E-state index contributed by atoms with van der Waals surface area (Å²) in [5, 5.41) is 2.91. The first-order chi connectivity index (χ1) is 11.1. The highest BCUT2D eigenvalue weighted by molar-refractivity contribution is 14.0. The molecule has 0 heterocycles. The van der Waals surface area contributed by atoms with E-state index in [-0.39, 0.29) is 42.2 Å². The maximum atomic E-state index is 12.4. The van der Waals surface area contributed by atoms with Crippen molar-refractivity contribution in [3.05, 3.63) is 54.1 Å². The minimum Gasteiger partial charge on any atom is -0.497 e. The zero-order valence-electron chi connectivity index (χ0n) is 12.9. The van der Waals surface area contributed by atoms with Crippen LogP contribution in [0, 0.1) is 0 Å². The average molecular weight is 449 g/mol. The number of para-hydroxylation sites is 1. The summed E-state index contributed by atoms with van der Waals surface area (Å²) < 4.78 is 34.4. The third-order valence-corrected chi connectivity index (χ3v) is 2.95. The Morgan fingerprint density at radius 3 is 2.54 bits per heavy atom. The lowest BCUT2D eigenvalue weighted by atomic mass is 10.2. The zero-order valence-corrected chi connectivity index (χ0v) is 15.2. The van der Waals surface area contributed by atoms with E-state index in [4.69, 9.17) is 10.5 Å². The third-order valence-electron chi connectivity index (χ3n) is 2.95. The first kappa shape index (κ1) is 19.9. The number of hydrogen-bond acceptors (Lipinski definition) is 3. The van der Waals surface area contributed by atoms with Crippen molar-refractivity contribution in [3.63, 3.8) is 0 Å². The first-order valence-electron chi connectivity index (χ1n) is 6.82. The molecule has 130 valence electrons. The largest absolute Gasteiger partial charge is 0.497 e. The van der Waals surface area contributed by atoms with Crippen LogP contribution in [0.2, 0.25) is 0 Å². The lowest BCUT2D eigenvalue weighted by Crippen LogP contribution is -2.22. The molecular weight excluding hydrogens is 431 g/mol. The van der Waals surface area contributed by atoms with Gasteiger partial charge in [-0.3, -0.25) is 0 Å². The molecule has 0 radical (unpaired) electrons. The van der Waals surface area contributed by atoms with Crippen LogP contribution < -0.4 is 20.5 Å². The van der Waals surface area contributed by atoms with Crippen LogP contribution in [0.4, 0.5) is 14.5 Å². The molecular formula is C16H18F2IN3O2. The first-order valence-corrected chi connectivity index (χ1v) is 6.82. The van der Waals surface area contributed by atoms with Crippen LogP contribution in [0.1, 0.15) is 5.56 Å². The van der Waals surface area contributed by atoms with Gasteiger partial charge in [-0.25, -0.2) is 4.99 Å². The zero-order chi connectivity index (χ0) is 16.7. The number of nitrogens with two attached hydrogens (primary N) is 1. The molecule has 2 aromatic rings. The van der Waals surface area contributed by atoms with Gasteiger partial charge in [0.1, 0.15) is 11.5 Å². The van der Waals surface area contributed by atoms with E-state index in [1.807, 2.05) is 30.3 Å². The Balaban J connectivity index is 0.00000288. The molecule has 2 rings (SSSR count). The van der Waals surface area contributed by atoms with E-state index < -0.39 is 6.61 Å².